The van der Waals surface area contributed by atoms with E-state index < -0.39 is 26.9 Å². The Balaban J connectivity index is 1.73. The van der Waals surface area contributed by atoms with Crippen LogP contribution in [0, 0.1) is 5.95 Å². The summed E-state index contributed by atoms with van der Waals surface area (Å²) in [5, 5.41) is 7.25. The molecule has 1 aromatic carbocycles. The third-order valence-corrected chi connectivity index (χ3v) is 6.97. The van der Waals surface area contributed by atoms with Crippen LogP contribution in [0.5, 0.6) is 0 Å². The second kappa shape index (κ2) is 7.67. The zero-order valence-electron chi connectivity index (χ0n) is 13.4. The molecule has 4 nitrogen and oxygen atoms in total. The van der Waals surface area contributed by atoms with Gasteiger partial charge in [0.1, 0.15) is 0 Å². The Labute approximate surface area is 167 Å². The molecule has 4 aromatic rings. The van der Waals surface area contributed by atoms with Gasteiger partial charge < -0.3 is 0 Å². The van der Waals surface area contributed by atoms with Crippen molar-refractivity contribution in [2.75, 3.05) is 0 Å². The number of rotatable bonds is 5. The van der Waals surface area contributed by atoms with Gasteiger partial charge in [-0.15, -0.1) is 0 Å². The molecule has 0 saturated heterocycles. The summed E-state index contributed by atoms with van der Waals surface area (Å²) in [4.78, 5) is 4.81. The predicted octanol–water partition coefficient (Wildman–Crippen LogP) is 4.87. The van der Waals surface area contributed by atoms with E-state index in [0.717, 1.165) is 9.96 Å². The molecule has 0 aliphatic heterocycles. The molecule has 0 spiro atoms. The maximum atomic E-state index is 14.6. The summed E-state index contributed by atoms with van der Waals surface area (Å²) in [5.74, 6) is 0.0879. The number of pyridine rings is 1. The van der Waals surface area contributed by atoms with E-state index in [4.69, 9.17) is 11.6 Å². The van der Waals surface area contributed by atoms with Crippen LogP contribution in [0.4, 0.5) is 13.2 Å². The molecule has 4 rings (SSSR count). The molecule has 27 heavy (non-hydrogen) atoms. The Morgan fingerprint density at radius 1 is 1.15 bits per heavy atom. The van der Waals surface area contributed by atoms with Crippen LogP contribution in [0.25, 0.3) is 15.8 Å². The minimum absolute atomic E-state index is 0.0823. The number of thioether (sulfide) groups is 1. The van der Waals surface area contributed by atoms with Crippen LogP contribution in [0.15, 0.2) is 47.4 Å². The van der Waals surface area contributed by atoms with Gasteiger partial charge >= 0.3 is 167 Å². The average molecular weight is 474 g/mol. The van der Waals surface area contributed by atoms with Crippen molar-refractivity contribution >= 4 is 43.4 Å². The first-order valence-electron chi connectivity index (χ1n) is 7.69. The quantitative estimate of drug-likeness (QED) is 0.236. The summed E-state index contributed by atoms with van der Waals surface area (Å²) in [6.07, 6.45) is -2.66. The fourth-order valence-corrected chi connectivity index (χ4v) is 5.12. The van der Waals surface area contributed by atoms with Gasteiger partial charge in [-0.1, -0.05) is 0 Å². The maximum absolute atomic E-state index is 14.6. The number of halogens is 4. The van der Waals surface area contributed by atoms with E-state index in [9.17, 15) is 13.2 Å². The molecule has 0 fully saturated rings. The van der Waals surface area contributed by atoms with Gasteiger partial charge in [0.2, 0.25) is 0 Å². The Morgan fingerprint density at radius 2 is 1.93 bits per heavy atom. The molecular formula is C17H10ClF3N4SSe. The van der Waals surface area contributed by atoms with E-state index in [1.165, 1.54) is 17.8 Å². The van der Waals surface area contributed by atoms with Crippen molar-refractivity contribution in [1.82, 2.24) is 19.6 Å². The number of imidazole rings is 1. The molecular weight excluding hydrogens is 464 g/mol. The Morgan fingerprint density at radius 3 is 2.63 bits per heavy atom. The first-order chi connectivity index (χ1) is 13.0. The van der Waals surface area contributed by atoms with Gasteiger partial charge in [-0.2, -0.15) is 0 Å². The van der Waals surface area contributed by atoms with Crippen molar-refractivity contribution < 1.29 is 13.2 Å². The molecule has 0 aliphatic carbocycles. The van der Waals surface area contributed by atoms with Crippen molar-refractivity contribution in [3.8, 4) is 10.3 Å². The summed E-state index contributed by atoms with van der Waals surface area (Å²) < 4.78 is 41.4. The van der Waals surface area contributed by atoms with E-state index in [-0.39, 0.29) is 9.85 Å². The number of aromatic nitrogens is 4. The van der Waals surface area contributed by atoms with Gasteiger partial charge in [0.25, 0.3) is 0 Å². The predicted molar refractivity (Wildman–Crippen MR) is 99.1 cm³/mol. The van der Waals surface area contributed by atoms with Crippen LogP contribution < -0.4 is 0 Å². The number of hydrogen-bond donors (Lipinski definition) is 0. The summed E-state index contributed by atoms with van der Waals surface area (Å²) in [5.41, 5.74) is 1.79. The van der Waals surface area contributed by atoms with Gasteiger partial charge in [0.05, 0.1) is 0 Å². The first kappa shape index (κ1) is 18.6. The van der Waals surface area contributed by atoms with Crippen LogP contribution in [-0.2, 0) is 5.75 Å². The molecule has 138 valence electrons. The van der Waals surface area contributed by atoms with Crippen molar-refractivity contribution in [1.29, 1.82) is 0 Å². The monoisotopic (exact) mass is 474 g/mol. The molecule has 3 aromatic heterocycles. The van der Waals surface area contributed by atoms with E-state index in [1.54, 1.807) is 6.07 Å². The van der Waals surface area contributed by atoms with Crippen LogP contribution in [0.2, 0.25) is 5.28 Å². The van der Waals surface area contributed by atoms with Gasteiger partial charge in [-0.05, 0) is 0 Å². The van der Waals surface area contributed by atoms with Crippen LogP contribution in [0.1, 0.15) is 16.6 Å². The fraction of sp³-hybridized carbons (Fsp3) is 0.118. The van der Waals surface area contributed by atoms with Crippen LogP contribution in [0.3, 0.4) is 0 Å². The molecule has 3 heterocycles. The normalized spacial score (nSPS) is 11.6. The molecule has 0 unspecified atom stereocenters. The second-order valence-electron chi connectivity index (χ2n) is 5.48. The summed E-state index contributed by atoms with van der Waals surface area (Å²) in [6.45, 7) is 0. The minimum atomic E-state index is -2.66. The third-order valence-electron chi connectivity index (χ3n) is 3.70. The third kappa shape index (κ3) is 3.78. The van der Waals surface area contributed by atoms with Gasteiger partial charge in [-0.3, -0.25) is 0 Å². The molecule has 0 bridgehead atoms. The van der Waals surface area contributed by atoms with Crippen LogP contribution in [-0.4, -0.2) is 34.1 Å². The van der Waals surface area contributed by atoms with Crippen molar-refractivity contribution in [2.45, 2.75) is 17.1 Å². The number of fused-ring (bicyclic) bond motifs is 1. The second-order valence-corrected chi connectivity index (χ2v) is 8.99. The van der Waals surface area contributed by atoms with Gasteiger partial charge in [-0.25, -0.2) is 0 Å². The topological polar surface area (TPSA) is 43.1 Å². The number of benzene rings is 1. The Hall–Kier alpha value is -1.80. The van der Waals surface area contributed by atoms with Gasteiger partial charge in [0.15, 0.2) is 0 Å². The summed E-state index contributed by atoms with van der Waals surface area (Å²) in [7, 11) is 0. The average Bonchev–Trinajstić information content (AvgIpc) is 3.26. The van der Waals surface area contributed by atoms with E-state index in [0.29, 0.717) is 26.4 Å². The Bertz CT molecular complexity index is 1100. The molecule has 0 saturated carbocycles. The first-order valence-corrected chi connectivity index (χ1v) is 10.8. The van der Waals surface area contributed by atoms with E-state index in [2.05, 4.69) is 15.2 Å². The number of alkyl halides is 2. The summed E-state index contributed by atoms with van der Waals surface area (Å²) in [6, 6.07) is 12.9. The Kier molecular flexibility index (Phi) is 5.27. The molecule has 0 atom stereocenters. The van der Waals surface area contributed by atoms with E-state index >= 15 is 0 Å². The zero-order chi connectivity index (χ0) is 19.0. The summed E-state index contributed by atoms with van der Waals surface area (Å²) >= 11 is 6.75. The SMILES string of the molecule is Fc1cc(SCc2ccccc2)cc2c(-c3nnc(C(F)F)[se]3)nc(Cl)n12. The number of nitrogens with zero attached hydrogens (tertiary/aromatic N) is 4. The molecule has 0 aliphatic rings. The van der Waals surface area contributed by atoms with Gasteiger partial charge in [0, 0.05) is 0 Å². The van der Waals surface area contributed by atoms with Crippen molar-refractivity contribution in [3.05, 3.63) is 63.8 Å². The van der Waals surface area contributed by atoms with Crippen LogP contribution >= 0.6 is 23.4 Å². The standard InChI is InChI=1S/C17H10ClF3N4SSe/c18-17-22-13(15-23-24-16(27-15)14(20)21)11-6-10(7-12(19)25(11)17)26-8-9-4-2-1-3-5-9/h1-7,14H,8H2. The molecule has 0 amide bonds. The zero-order valence-corrected chi connectivity index (χ0v) is 16.7. The number of hydrogen-bond acceptors (Lipinski definition) is 4. The molecule has 0 radical (unpaired) electrons. The molecule has 10 heteroatoms. The van der Waals surface area contributed by atoms with Crippen molar-refractivity contribution in [3.63, 3.8) is 0 Å². The van der Waals surface area contributed by atoms with E-state index in [1.807, 2.05) is 30.3 Å². The van der Waals surface area contributed by atoms with Crippen molar-refractivity contribution in [2.24, 2.45) is 0 Å². The molecule has 0 N–H and O–H groups in total. The fourth-order valence-electron chi connectivity index (χ4n) is 2.50.